The van der Waals surface area contributed by atoms with Crippen LogP contribution in [-0.2, 0) is 14.4 Å². The van der Waals surface area contributed by atoms with Crippen LogP contribution in [0.3, 0.4) is 0 Å². The molecular formula is C11H18N2O4S. The number of thioether (sulfide) groups is 1. The van der Waals surface area contributed by atoms with Crippen molar-refractivity contribution in [3.05, 3.63) is 0 Å². The number of amides is 2. The molecule has 0 spiro atoms. The average molecular weight is 274 g/mol. The van der Waals surface area contributed by atoms with E-state index in [1.807, 2.05) is 6.92 Å². The van der Waals surface area contributed by atoms with Crippen LogP contribution in [0.5, 0.6) is 0 Å². The molecule has 7 heteroatoms. The summed E-state index contributed by atoms with van der Waals surface area (Å²) in [5.74, 6) is -1.02. The minimum absolute atomic E-state index is 0.0593. The lowest BCUT2D eigenvalue weighted by Gasteiger charge is -2.22. The first-order valence-electron chi connectivity index (χ1n) is 5.68. The Hall–Kier alpha value is -1.24. The van der Waals surface area contributed by atoms with E-state index in [0.29, 0.717) is 19.5 Å². The number of carboxylic acids is 1. The minimum atomic E-state index is -0.926. The number of rotatable bonds is 5. The second-order valence-electron chi connectivity index (χ2n) is 4.59. The van der Waals surface area contributed by atoms with E-state index >= 15 is 0 Å². The van der Waals surface area contributed by atoms with Crippen LogP contribution in [0, 0.1) is 5.41 Å². The van der Waals surface area contributed by atoms with Crippen molar-refractivity contribution in [3.63, 3.8) is 0 Å². The van der Waals surface area contributed by atoms with Crippen LogP contribution in [0.15, 0.2) is 0 Å². The van der Waals surface area contributed by atoms with E-state index in [4.69, 9.17) is 5.11 Å². The second kappa shape index (κ2) is 6.08. The zero-order valence-corrected chi connectivity index (χ0v) is 11.4. The Morgan fingerprint density at radius 2 is 2.06 bits per heavy atom. The molecule has 0 aliphatic carbocycles. The zero-order valence-electron chi connectivity index (χ0n) is 10.6. The summed E-state index contributed by atoms with van der Waals surface area (Å²) in [6.07, 6.45) is 0.641. The maximum Gasteiger partial charge on any atom is 0.313 e. The van der Waals surface area contributed by atoms with Gasteiger partial charge in [0.25, 0.3) is 0 Å². The average Bonchev–Trinajstić information content (AvgIpc) is 2.71. The molecule has 1 aliphatic rings. The van der Waals surface area contributed by atoms with Crippen molar-refractivity contribution < 1.29 is 19.5 Å². The molecule has 2 amide bonds. The Labute approximate surface area is 110 Å². The molecule has 1 heterocycles. The molecule has 6 nitrogen and oxygen atoms in total. The molecule has 1 saturated heterocycles. The van der Waals surface area contributed by atoms with E-state index in [1.54, 1.807) is 11.9 Å². The highest BCUT2D eigenvalue weighted by Crippen LogP contribution is 2.30. The molecule has 1 rings (SSSR count). The fourth-order valence-electron chi connectivity index (χ4n) is 1.98. The number of likely N-dealkylation sites (tertiary alicyclic amines) is 1. The van der Waals surface area contributed by atoms with Gasteiger partial charge in [-0.15, -0.1) is 11.8 Å². The van der Waals surface area contributed by atoms with Gasteiger partial charge in [-0.3, -0.25) is 14.4 Å². The summed E-state index contributed by atoms with van der Waals surface area (Å²) in [6.45, 7) is 2.79. The molecule has 1 fully saturated rings. The number of hydrogen-bond acceptors (Lipinski definition) is 4. The third-order valence-electron chi connectivity index (χ3n) is 3.05. The van der Waals surface area contributed by atoms with Gasteiger partial charge in [-0.1, -0.05) is 0 Å². The number of aliphatic carboxylic acids is 1. The number of carbonyl (C=O) groups excluding carboxylic acids is 2. The molecule has 2 N–H and O–H groups in total. The van der Waals surface area contributed by atoms with Gasteiger partial charge in [0, 0.05) is 20.1 Å². The fourth-order valence-corrected chi connectivity index (χ4v) is 2.61. The van der Waals surface area contributed by atoms with Gasteiger partial charge in [0.05, 0.1) is 16.9 Å². The molecule has 0 aromatic heterocycles. The fraction of sp³-hybridized carbons (Fsp3) is 0.727. The van der Waals surface area contributed by atoms with Crippen molar-refractivity contribution in [1.29, 1.82) is 0 Å². The van der Waals surface area contributed by atoms with Gasteiger partial charge in [0.2, 0.25) is 11.8 Å². The molecule has 1 atom stereocenters. The summed E-state index contributed by atoms with van der Waals surface area (Å²) in [7, 11) is 1.58. The standard InChI is InChI=1S/C11H18N2O4S/c1-11(10(17)12-2)3-4-13(7-11)8(14)5-18-6-9(15)16/h3-7H2,1-2H3,(H,12,17)(H,15,16). The monoisotopic (exact) mass is 274 g/mol. The van der Waals surface area contributed by atoms with Crippen LogP contribution >= 0.6 is 11.8 Å². The van der Waals surface area contributed by atoms with E-state index in [2.05, 4.69) is 5.32 Å². The van der Waals surface area contributed by atoms with Crippen LogP contribution in [0.4, 0.5) is 0 Å². The second-order valence-corrected chi connectivity index (χ2v) is 5.58. The summed E-state index contributed by atoms with van der Waals surface area (Å²) in [6, 6.07) is 0. The van der Waals surface area contributed by atoms with Crippen molar-refractivity contribution >= 4 is 29.5 Å². The number of carbonyl (C=O) groups is 3. The minimum Gasteiger partial charge on any atom is -0.481 e. The van der Waals surface area contributed by atoms with Crippen LogP contribution in [-0.4, -0.2) is 59.4 Å². The Bertz CT molecular complexity index is 361. The Kier molecular flexibility index (Phi) is 5.01. The predicted molar refractivity (Wildman–Crippen MR) is 68.3 cm³/mol. The molecule has 18 heavy (non-hydrogen) atoms. The summed E-state index contributed by atoms with van der Waals surface area (Å²) < 4.78 is 0. The number of hydrogen-bond donors (Lipinski definition) is 2. The van der Waals surface area contributed by atoms with Crippen molar-refractivity contribution in [1.82, 2.24) is 10.2 Å². The van der Waals surface area contributed by atoms with Gasteiger partial charge < -0.3 is 15.3 Å². The Morgan fingerprint density at radius 1 is 1.39 bits per heavy atom. The van der Waals surface area contributed by atoms with Gasteiger partial charge in [-0.25, -0.2) is 0 Å². The Balaban J connectivity index is 2.44. The van der Waals surface area contributed by atoms with Crippen molar-refractivity contribution in [3.8, 4) is 0 Å². The van der Waals surface area contributed by atoms with Gasteiger partial charge in [0.1, 0.15) is 0 Å². The van der Waals surface area contributed by atoms with E-state index in [-0.39, 0.29) is 23.3 Å². The quantitative estimate of drug-likeness (QED) is 0.724. The molecule has 1 aliphatic heterocycles. The summed E-state index contributed by atoms with van der Waals surface area (Å²) in [5.41, 5.74) is -0.526. The molecule has 1 unspecified atom stereocenters. The van der Waals surface area contributed by atoms with Crippen LogP contribution in [0.2, 0.25) is 0 Å². The summed E-state index contributed by atoms with van der Waals surface area (Å²) in [4.78, 5) is 35.4. The smallest absolute Gasteiger partial charge is 0.313 e. The van der Waals surface area contributed by atoms with Crippen LogP contribution < -0.4 is 5.32 Å². The highest BCUT2D eigenvalue weighted by molar-refractivity contribution is 8.00. The summed E-state index contributed by atoms with van der Waals surface area (Å²) >= 11 is 1.08. The van der Waals surface area contributed by atoms with E-state index in [1.165, 1.54) is 0 Å². The number of carboxylic acid groups (broad SMARTS) is 1. The lowest BCUT2D eigenvalue weighted by molar-refractivity contribution is -0.134. The topological polar surface area (TPSA) is 86.7 Å². The van der Waals surface area contributed by atoms with Crippen molar-refractivity contribution in [2.45, 2.75) is 13.3 Å². The lowest BCUT2D eigenvalue weighted by atomic mass is 9.89. The first kappa shape index (κ1) is 14.8. The van der Waals surface area contributed by atoms with Gasteiger partial charge in [0.15, 0.2) is 0 Å². The van der Waals surface area contributed by atoms with E-state index in [0.717, 1.165) is 11.8 Å². The highest BCUT2D eigenvalue weighted by Gasteiger charge is 2.41. The first-order chi connectivity index (χ1) is 8.39. The largest absolute Gasteiger partial charge is 0.481 e. The lowest BCUT2D eigenvalue weighted by Crippen LogP contribution is -2.40. The Morgan fingerprint density at radius 3 is 2.61 bits per heavy atom. The van der Waals surface area contributed by atoms with Gasteiger partial charge in [-0.2, -0.15) is 0 Å². The third-order valence-corrected chi connectivity index (χ3v) is 3.95. The molecule has 0 bridgehead atoms. The molecule has 0 saturated carbocycles. The summed E-state index contributed by atoms with van der Waals surface area (Å²) in [5, 5.41) is 11.1. The molecular weight excluding hydrogens is 256 g/mol. The maximum atomic E-state index is 11.8. The zero-order chi connectivity index (χ0) is 13.8. The normalized spacial score (nSPS) is 22.9. The molecule has 0 aromatic carbocycles. The number of nitrogens with zero attached hydrogens (tertiary/aromatic N) is 1. The number of nitrogens with one attached hydrogen (secondary N) is 1. The van der Waals surface area contributed by atoms with Crippen molar-refractivity contribution in [2.24, 2.45) is 5.41 Å². The maximum absolute atomic E-state index is 11.8. The van der Waals surface area contributed by atoms with Crippen LogP contribution in [0.25, 0.3) is 0 Å². The highest BCUT2D eigenvalue weighted by atomic mass is 32.2. The van der Waals surface area contributed by atoms with E-state index < -0.39 is 11.4 Å². The first-order valence-corrected chi connectivity index (χ1v) is 6.84. The molecule has 102 valence electrons. The molecule has 0 radical (unpaired) electrons. The SMILES string of the molecule is CNC(=O)C1(C)CCN(C(=O)CSCC(=O)O)C1. The van der Waals surface area contributed by atoms with E-state index in [9.17, 15) is 14.4 Å². The molecule has 0 aromatic rings. The van der Waals surface area contributed by atoms with Crippen molar-refractivity contribution in [2.75, 3.05) is 31.6 Å². The third kappa shape index (κ3) is 3.63. The van der Waals surface area contributed by atoms with Crippen LogP contribution in [0.1, 0.15) is 13.3 Å². The van der Waals surface area contributed by atoms with Gasteiger partial charge >= 0.3 is 5.97 Å². The van der Waals surface area contributed by atoms with Gasteiger partial charge in [-0.05, 0) is 13.3 Å². The predicted octanol–water partition coefficient (Wildman–Crippen LogP) is -0.211.